The molecule has 4 heteroatoms. The van der Waals surface area contributed by atoms with E-state index < -0.39 is 0 Å². The number of rotatable bonds is 7. The van der Waals surface area contributed by atoms with Crippen LogP contribution in [-0.2, 0) is 11.2 Å². The standard InChI is InChI=1S/C23H24N2O2/c1-3-5-17-7-9-19(10-8-17)23-24-15-20(16-25-23)18-11-13-21(14-12-18)27-22(26)6-4-2/h7-16H,3-6H2,1-2H3. The Bertz CT molecular complexity index is 870. The molecule has 0 bridgehead atoms. The fraction of sp³-hybridized carbons (Fsp3) is 0.261. The van der Waals surface area contributed by atoms with Gasteiger partial charge in [0.05, 0.1) is 0 Å². The highest BCUT2D eigenvalue weighted by atomic mass is 16.5. The second-order valence-corrected chi connectivity index (χ2v) is 6.49. The smallest absolute Gasteiger partial charge is 0.311 e. The summed E-state index contributed by atoms with van der Waals surface area (Å²) in [7, 11) is 0. The number of aryl methyl sites for hydroxylation is 1. The molecule has 138 valence electrons. The van der Waals surface area contributed by atoms with Crippen LogP contribution in [-0.4, -0.2) is 15.9 Å². The van der Waals surface area contributed by atoms with Gasteiger partial charge in [-0.15, -0.1) is 0 Å². The van der Waals surface area contributed by atoms with E-state index in [4.69, 9.17) is 4.74 Å². The molecule has 0 amide bonds. The molecule has 0 aliphatic carbocycles. The van der Waals surface area contributed by atoms with E-state index in [9.17, 15) is 4.79 Å². The predicted octanol–water partition coefficient (Wildman–Crippen LogP) is 5.47. The Morgan fingerprint density at radius 1 is 0.815 bits per heavy atom. The van der Waals surface area contributed by atoms with Crippen LogP contribution in [0.4, 0.5) is 0 Å². The Hall–Kier alpha value is -3.01. The summed E-state index contributed by atoms with van der Waals surface area (Å²) in [5, 5.41) is 0. The molecule has 4 nitrogen and oxygen atoms in total. The summed E-state index contributed by atoms with van der Waals surface area (Å²) in [5.74, 6) is 1.07. The van der Waals surface area contributed by atoms with E-state index in [0.717, 1.165) is 36.0 Å². The zero-order valence-corrected chi connectivity index (χ0v) is 15.8. The summed E-state index contributed by atoms with van der Waals surface area (Å²) >= 11 is 0. The minimum absolute atomic E-state index is 0.206. The van der Waals surface area contributed by atoms with Crippen molar-refractivity contribution in [1.82, 2.24) is 9.97 Å². The maximum absolute atomic E-state index is 11.6. The molecule has 0 saturated heterocycles. The molecule has 0 aliphatic rings. The van der Waals surface area contributed by atoms with Crippen molar-refractivity contribution in [1.29, 1.82) is 0 Å². The summed E-state index contributed by atoms with van der Waals surface area (Å²) in [4.78, 5) is 20.6. The number of carbonyl (C=O) groups is 1. The topological polar surface area (TPSA) is 52.1 Å². The van der Waals surface area contributed by atoms with Crippen LogP contribution in [0.2, 0.25) is 0 Å². The maximum atomic E-state index is 11.6. The van der Waals surface area contributed by atoms with Crippen molar-refractivity contribution in [2.75, 3.05) is 0 Å². The number of ether oxygens (including phenoxy) is 1. The highest BCUT2D eigenvalue weighted by Crippen LogP contribution is 2.23. The van der Waals surface area contributed by atoms with Crippen LogP contribution in [0, 0.1) is 0 Å². The van der Waals surface area contributed by atoms with Crippen LogP contribution in [0.15, 0.2) is 60.9 Å². The summed E-state index contributed by atoms with van der Waals surface area (Å²) in [6.07, 6.45) is 7.07. The summed E-state index contributed by atoms with van der Waals surface area (Å²) < 4.78 is 5.28. The van der Waals surface area contributed by atoms with Crippen molar-refractivity contribution < 1.29 is 9.53 Å². The zero-order chi connectivity index (χ0) is 19.1. The summed E-state index contributed by atoms with van der Waals surface area (Å²) in [5.41, 5.74) is 4.25. The molecule has 0 fully saturated rings. The van der Waals surface area contributed by atoms with Gasteiger partial charge in [0, 0.05) is 29.9 Å². The number of carbonyl (C=O) groups excluding carboxylic acids is 1. The number of benzene rings is 2. The first-order chi connectivity index (χ1) is 13.2. The van der Waals surface area contributed by atoms with Gasteiger partial charge in [-0.2, -0.15) is 0 Å². The minimum atomic E-state index is -0.206. The van der Waals surface area contributed by atoms with Gasteiger partial charge in [-0.1, -0.05) is 56.7 Å². The van der Waals surface area contributed by atoms with Crippen LogP contribution >= 0.6 is 0 Å². The van der Waals surface area contributed by atoms with E-state index in [-0.39, 0.29) is 5.97 Å². The third-order valence-corrected chi connectivity index (χ3v) is 4.28. The second kappa shape index (κ2) is 9.08. The molecule has 1 aromatic heterocycles. The SMILES string of the molecule is CCCC(=O)Oc1ccc(-c2cnc(-c3ccc(CCC)cc3)nc2)cc1. The molecule has 27 heavy (non-hydrogen) atoms. The van der Waals surface area contributed by atoms with E-state index in [1.165, 1.54) is 5.56 Å². The number of hydrogen-bond acceptors (Lipinski definition) is 4. The quantitative estimate of drug-likeness (QED) is 0.414. The van der Waals surface area contributed by atoms with Crippen molar-refractivity contribution in [2.45, 2.75) is 39.5 Å². The van der Waals surface area contributed by atoms with Crippen molar-refractivity contribution in [3.63, 3.8) is 0 Å². The molecule has 0 spiro atoms. The van der Waals surface area contributed by atoms with Crippen LogP contribution < -0.4 is 4.74 Å². The Labute approximate surface area is 160 Å². The molecule has 0 atom stereocenters. The lowest BCUT2D eigenvalue weighted by atomic mass is 10.1. The number of nitrogens with zero attached hydrogens (tertiary/aromatic N) is 2. The second-order valence-electron chi connectivity index (χ2n) is 6.49. The predicted molar refractivity (Wildman–Crippen MR) is 107 cm³/mol. The average Bonchev–Trinajstić information content (AvgIpc) is 2.70. The Morgan fingerprint density at radius 3 is 2.04 bits per heavy atom. The van der Waals surface area contributed by atoms with Gasteiger partial charge in [0.1, 0.15) is 5.75 Å². The van der Waals surface area contributed by atoms with Crippen molar-refractivity contribution in [3.8, 4) is 28.3 Å². The number of hydrogen-bond donors (Lipinski definition) is 0. The van der Waals surface area contributed by atoms with E-state index in [1.54, 1.807) is 12.1 Å². The van der Waals surface area contributed by atoms with Crippen molar-refractivity contribution in [2.24, 2.45) is 0 Å². The third-order valence-electron chi connectivity index (χ3n) is 4.28. The van der Waals surface area contributed by atoms with Gasteiger partial charge in [0.25, 0.3) is 0 Å². The van der Waals surface area contributed by atoms with Crippen molar-refractivity contribution >= 4 is 5.97 Å². The molecule has 3 aromatic rings. The van der Waals surface area contributed by atoms with Crippen molar-refractivity contribution in [3.05, 3.63) is 66.5 Å². The van der Waals surface area contributed by atoms with E-state index in [0.29, 0.717) is 18.0 Å². The average molecular weight is 360 g/mol. The van der Waals surface area contributed by atoms with Gasteiger partial charge >= 0.3 is 5.97 Å². The minimum Gasteiger partial charge on any atom is -0.427 e. The van der Waals surface area contributed by atoms with Crippen LogP contribution in [0.3, 0.4) is 0 Å². The first-order valence-corrected chi connectivity index (χ1v) is 9.42. The summed E-state index contributed by atoms with van der Waals surface area (Å²) in [6, 6.07) is 15.8. The van der Waals surface area contributed by atoms with E-state index >= 15 is 0 Å². The number of aromatic nitrogens is 2. The normalized spacial score (nSPS) is 10.6. The molecule has 1 heterocycles. The first kappa shape index (κ1) is 18.8. The fourth-order valence-electron chi connectivity index (χ4n) is 2.84. The lowest BCUT2D eigenvalue weighted by Gasteiger charge is -2.06. The Kier molecular flexibility index (Phi) is 6.31. The summed E-state index contributed by atoms with van der Waals surface area (Å²) in [6.45, 7) is 4.13. The largest absolute Gasteiger partial charge is 0.427 e. The molecule has 0 N–H and O–H groups in total. The Morgan fingerprint density at radius 2 is 1.44 bits per heavy atom. The lowest BCUT2D eigenvalue weighted by Crippen LogP contribution is -2.06. The van der Waals surface area contributed by atoms with Gasteiger partial charge in [0.2, 0.25) is 0 Å². The van der Waals surface area contributed by atoms with Crippen LogP contribution in [0.25, 0.3) is 22.5 Å². The third kappa shape index (κ3) is 5.00. The molecule has 0 saturated carbocycles. The monoisotopic (exact) mass is 360 g/mol. The first-order valence-electron chi connectivity index (χ1n) is 9.42. The van der Waals surface area contributed by atoms with Gasteiger partial charge in [-0.3, -0.25) is 4.79 Å². The highest BCUT2D eigenvalue weighted by Gasteiger charge is 2.06. The lowest BCUT2D eigenvalue weighted by molar-refractivity contribution is -0.134. The Balaban J connectivity index is 1.70. The van der Waals surface area contributed by atoms with E-state index in [2.05, 4.69) is 41.2 Å². The molecule has 2 aromatic carbocycles. The molecule has 3 rings (SSSR count). The van der Waals surface area contributed by atoms with Gasteiger partial charge < -0.3 is 4.74 Å². The highest BCUT2D eigenvalue weighted by molar-refractivity contribution is 5.73. The fourth-order valence-corrected chi connectivity index (χ4v) is 2.84. The van der Waals surface area contributed by atoms with Crippen LogP contribution in [0.1, 0.15) is 38.7 Å². The number of esters is 1. The van der Waals surface area contributed by atoms with Gasteiger partial charge in [-0.25, -0.2) is 9.97 Å². The van der Waals surface area contributed by atoms with Gasteiger partial charge in [0.15, 0.2) is 5.82 Å². The van der Waals surface area contributed by atoms with E-state index in [1.807, 2.05) is 31.5 Å². The maximum Gasteiger partial charge on any atom is 0.311 e. The molecular weight excluding hydrogens is 336 g/mol. The molecule has 0 unspecified atom stereocenters. The van der Waals surface area contributed by atoms with Crippen LogP contribution in [0.5, 0.6) is 5.75 Å². The molecule has 0 radical (unpaired) electrons. The molecular formula is C23H24N2O2. The zero-order valence-electron chi connectivity index (χ0n) is 15.8. The molecule has 0 aliphatic heterocycles. The van der Waals surface area contributed by atoms with Gasteiger partial charge in [-0.05, 0) is 36.1 Å².